The van der Waals surface area contributed by atoms with Crippen molar-refractivity contribution in [2.24, 2.45) is 0 Å². The van der Waals surface area contributed by atoms with Gasteiger partial charge in [0.2, 0.25) is 5.91 Å². The van der Waals surface area contributed by atoms with E-state index < -0.39 is 5.97 Å². The van der Waals surface area contributed by atoms with Crippen molar-refractivity contribution < 1.29 is 19.4 Å². The molecule has 0 aromatic carbocycles. The third-order valence-electron chi connectivity index (χ3n) is 2.79. The average Bonchev–Trinajstić information content (AvgIpc) is 2.37. The van der Waals surface area contributed by atoms with Crippen molar-refractivity contribution in [3.63, 3.8) is 0 Å². The maximum absolute atomic E-state index is 11.4. The van der Waals surface area contributed by atoms with E-state index in [1.165, 1.54) is 0 Å². The highest BCUT2D eigenvalue weighted by molar-refractivity contribution is 5.75. The van der Waals surface area contributed by atoms with E-state index in [1.54, 1.807) is 0 Å². The molecule has 0 aliphatic heterocycles. The van der Waals surface area contributed by atoms with Gasteiger partial charge in [0.15, 0.2) is 0 Å². The summed E-state index contributed by atoms with van der Waals surface area (Å²) in [4.78, 5) is 21.7. The Balaban J connectivity index is 3.16. The van der Waals surface area contributed by atoms with Crippen LogP contribution in [-0.2, 0) is 14.3 Å². The Labute approximate surface area is 115 Å². The largest absolute Gasteiger partial charge is 0.481 e. The molecule has 0 fully saturated rings. The average molecular weight is 273 g/mol. The summed E-state index contributed by atoms with van der Waals surface area (Å²) in [5, 5.41) is 11.3. The van der Waals surface area contributed by atoms with Crippen LogP contribution in [0.25, 0.3) is 0 Å². The van der Waals surface area contributed by atoms with E-state index in [2.05, 4.69) is 5.32 Å². The van der Waals surface area contributed by atoms with Gasteiger partial charge in [0.1, 0.15) is 0 Å². The van der Waals surface area contributed by atoms with Crippen LogP contribution in [0.3, 0.4) is 0 Å². The van der Waals surface area contributed by atoms with E-state index in [9.17, 15) is 9.59 Å². The fourth-order valence-electron chi connectivity index (χ4n) is 1.73. The minimum Gasteiger partial charge on any atom is -0.481 e. The number of unbranched alkanes of at least 4 members (excludes halogenated alkanes) is 4. The van der Waals surface area contributed by atoms with Crippen molar-refractivity contribution in [2.75, 3.05) is 19.8 Å². The molecule has 0 bridgehead atoms. The van der Waals surface area contributed by atoms with Gasteiger partial charge < -0.3 is 15.2 Å². The van der Waals surface area contributed by atoms with E-state index in [0.29, 0.717) is 26.2 Å². The molecule has 0 rings (SSSR count). The first kappa shape index (κ1) is 17.9. The lowest BCUT2D eigenvalue weighted by atomic mass is 10.1. The number of rotatable bonds is 13. The zero-order valence-corrected chi connectivity index (χ0v) is 12.0. The van der Waals surface area contributed by atoms with Crippen LogP contribution in [0.5, 0.6) is 0 Å². The van der Waals surface area contributed by atoms with Gasteiger partial charge in [-0.3, -0.25) is 9.59 Å². The highest BCUT2D eigenvalue weighted by Gasteiger charge is 2.00. The van der Waals surface area contributed by atoms with Crippen LogP contribution in [0, 0.1) is 0 Å². The summed E-state index contributed by atoms with van der Waals surface area (Å²) in [6.07, 6.45) is 6.30. The summed E-state index contributed by atoms with van der Waals surface area (Å²) in [6.45, 7) is 4.00. The van der Waals surface area contributed by atoms with Gasteiger partial charge in [-0.05, 0) is 26.2 Å². The van der Waals surface area contributed by atoms with Crippen LogP contribution in [0.1, 0.15) is 58.3 Å². The van der Waals surface area contributed by atoms with Crippen molar-refractivity contribution in [2.45, 2.75) is 58.3 Å². The molecule has 5 nitrogen and oxygen atoms in total. The molecular formula is C14H27NO4. The molecule has 0 saturated heterocycles. The third-order valence-corrected chi connectivity index (χ3v) is 2.79. The predicted octanol–water partition coefficient (Wildman–Crippen LogP) is 2.34. The van der Waals surface area contributed by atoms with E-state index in [1.807, 2.05) is 6.92 Å². The molecule has 19 heavy (non-hydrogen) atoms. The van der Waals surface area contributed by atoms with Crippen LogP contribution in [0.2, 0.25) is 0 Å². The number of amides is 1. The molecule has 0 aliphatic rings. The molecule has 2 N–H and O–H groups in total. The number of ether oxygens (including phenoxy) is 1. The number of hydrogen-bond acceptors (Lipinski definition) is 3. The molecule has 0 aliphatic carbocycles. The normalized spacial score (nSPS) is 10.4. The smallest absolute Gasteiger partial charge is 0.303 e. The van der Waals surface area contributed by atoms with E-state index in [4.69, 9.17) is 9.84 Å². The van der Waals surface area contributed by atoms with Gasteiger partial charge in [-0.2, -0.15) is 0 Å². The summed E-state index contributed by atoms with van der Waals surface area (Å²) < 4.78 is 5.16. The second-order valence-electron chi connectivity index (χ2n) is 4.56. The lowest BCUT2D eigenvalue weighted by Gasteiger charge is -2.05. The molecule has 1 amide bonds. The van der Waals surface area contributed by atoms with Crippen LogP contribution < -0.4 is 5.32 Å². The maximum atomic E-state index is 11.4. The van der Waals surface area contributed by atoms with E-state index >= 15 is 0 Å². The van der Waals surface area contributed by atoms with Gasteiger partial charge in [-0.1, -0.05) is 19.3 Å². The SMILES string of the molecule is CCOCCCC(=O)NCCCCCCCC(=O)O. The minimum absolute atomic E-state index is 0.0885. The topological polar surface area (TPSA) is 75.6 Å². The predicted molar refractivity (Wildman–Crippen MR) is 74.1 cm³/mol. The van der Waals surface area contributed by atoms with Crippen molar-refractivity contribution in [3.05, 3.63) is 0 Å². The number of carboxylic acid groups (broad SMARTS) is 1. The number of carbonyl (C=O) groups excluding carboxylic acids is 1. The van der Waals surface area contributed by atoms with Crippen molar-refractivity contribution in [1.82, 2.24) is 5.32 Å². The van der Waals surface area contributed by atoms with Crippen molar-refractivity contribution in [1.29, 1.82) is 0 Å². The quantitative estimate of drug-likeness (QED) is 0.505. The molecule has 0 aromatic heterocycles. The van der Waals surface area contributed by atoms with Gasteiger partial charge in [0.25, 0.3) is 0 Å². The second kappa shape index (κ2) is 13.3. The van der Waals surface area contributed by atoms with Crippen LogP contribution >= 0.6 is 0 Å². The Morgan fingerprint density at radius 3 is 2.37 bits per heavy atom. The van der Waals surface area contributed by atoms with Crippen molar-refractivity contribution >= 4 is 11.9 Å². The molecule has 0 saturated carbocycles. The number of hydrogen-bond donors (Lipinski definition) is 2. The number of nitrogens with one attached hydrogen (secondary N) is 1. The molecule has 0 unspecified atom stereocenters. The maximum Gasteiger partial charge on any atom is 0.303 e. The fourth-order valence-corrected chi connectivity index (χ4v) is 1.73. The Hall–Kier alpha value is -1.10. The Morgan fingerprint density at radius 1 is 1.00 bits per heavy atom. The molecule has 0 atom stereocenters. The van der Waals surface area contributed by atoms with Crippen LogP contribution in [-0.4, -0.2) is 36.7 Å². The van der Waals surface area contributed by atoms with E-state index in [0.717, 1.165) is 38.5 Å². The first-order valence-corrected chi connectivity index (χ1v) is 7.23. The van der Waals surface area contributed by atoms with Crippen LogP contribution in [0.15, 0.2) is 0 Å². The van der Waals surface area contributed by atoms with Crippen LogP contribution in [0.4, 0.5) is 0 Å². The zero-order chi connectivity index (χ0) is 14.3. The fraction of sp³-hybridized carbons (Fsp3) is 0.857. The zero-order valence-electron chi connectivity index (χ0n) is 12.0. The minimum atomic E-state index is -0.723. The first-order valence-electron chi connectivity index (χ1n) is 7.23. The Kier molecular flexibility index (Phi) is 12.6. The molecule has 0 spiro atoms. The third kappa shape index (κ3) is 14.8. The Bertz CT molecular complexity index is 244. The number of carboxylic acids is 1. The first-order chi connectivity index (χ1) is 9.16. The van der Waals surface area contributed by atoms with Gasteiger partial charge in [-0.25, -0.2) is 0 Å². The van der Waals surface area contributed by atoms with Gasteiger partial charge in [0.05, 0.1) is 0 Å². The molecule has 0 radical (unpaired) electrons. The molecule has 0 heterocycles. The molecule has 112 valence electrons. The summed E-state index contributed by atoms with van der Waals surface area (Å²) in [6, 6.07) is 0. The van der Waals surface area contributed by atoms with Gasteiger partial charge in [-0.15, -0.1) is 0 Å². The second-order valence-corrected chi connectivity index (χ2v) is 4.56. The lowest BCUT2D eigenvalue weighted by molar-refractivity contribution is -0.137. The highest BCUT2D eigenvalue weighted by atomic mass is 16.5. The van der Waals surface area contributed by atoms with E-state index in [-0.39, 0.29) is 12.3 Å². The molecule has 0 aromatic rings. The highest BCUT2D eigenvalue weighted by Crippen LogP contribution is 2.04. The summed E-state index contributed by atoms with van der Waals surface area (Å²) >= 11 is 0. The molecular weight excluding hydrogens is 246 g/mol. The van der Waals surface area contributed by atoms with Gasteiger partial charge in [0, 0.05) is 32.6 Å². The van der Waals surface area contributed by atoms with Gasteiger partial charge >= 0.3 is 5.97 Å². The number of aliphatic carboxylic acids is 1. The summed E-state index contributed by atoms with van der Waals surface area (Å²) in [7, 11) is 0. The monoisotopic (exact) mass is 273 g/mol. The molecule has 5 heteroatoms. The Morgan fingerprint density at radius 2 is 1.68 bits per heavy atom. The number of carbonyl (C=O) groups is 2. The lowest BCUT2D eigenvalue weighted by Crippen LogP contribution is -2.24. The van der Waals surface area contributed by atoms with Crippen molar-refractivity contribution in [3.8, 4) is 0 Å². The summed E-state index contributed by atoms with van der Waals surface area (Å²) in [5.41, 5.74) is 0. The summed E-state index contributed by atoms with van der Waals surface area (Å²) in [5.74, 6) is -0.634. The standard InChI is InChI=1S/C14H27NO4/c1-2-19-12-8-9-13(16)15-11-7-5-3-4-6-10-14(17)18/h2-12H2,1H3,(H,15,16)(H,17,18).